The molecule has 0 N–H and O–H groups in total. The van der Waals surface area contributed by atoms with Crippen LogP contribution in [0.15, 0.2) is 15.4 Å². The number of sulfonamides is 1. The average molecular weight is 201 g/mol. The molecule has 0 saturated heterocycles. The highest BCUT2D eigenvalue weighted by atomic mass is 32.2. The number of nitrogens with zero attached hydrogens (tertiary/aromatic N) is 1. The van der Waals surface area contributed by atoms with E-state index in [1.807, 2.05) is 6.92 Å². The predicted octanol–water partition coefficient (Wildman–Crippen LogP) is 1.57. The summed E-state index contributed by atoms with van der Waals surface area (Å²) in [6.07, 6.45) is 0. The zero-order valence-corrected chi connectivity index (χ0v) is 8.29. The zero-order chi connectivity index (χ0) is 8.93. The Kier molecular flexibility index (Phi) is 1.44. The van der Waals surface area contributed by atoms with Crippen LogP contribution in [0.1, 0.15) is 16.7 Å². The van der Waals surface area contributed by atoms with E-state index in [1.54, 1.807) is 13.0 Å². The van der Waals surface area contributed by atoms with E-state index in [0.29, 0.717) is 10.6 Å². The molecule has 0 saturated carbocycles. The molecule has 0 atom stereocenters. The maximum atomic E-state index is 11.3. The van der Waals surface area contributed by atoms with E-state index in [4.69, 9.17) is 0 Å². The van der Waals surface area contributed by atoms with Crippen LogP contribution in [0.25, 0.3) is 0 Å². The molecule has 0 radical (unpaired) electrons. The van der Waals surface area contributed by atoms with Gasteiger partial charge in [0.25, 0.3) is 10.0 Å². The third-order valence-electron chi connectivity index (χ3n) is 1.68. The van der Waals surface area contributed by atoms with Crippen LogP contribution in [0, 0.1) is 6.92 Å². The quantitative estimate of drug-likeness (QED) is 0.639. The highest BCUT2D eigenvalue weighted by Crippen LogP contribution is 2.32. The number of thiophene rings is 1. The average Bonchev–Trinajstić information content (AvgIpc) is 2.37. The smallest absolute Gasteiger partial charge is 0.199 e. The van der Waals surface area contributed by atoms with Crippen LogP contribution < -0.4 is 0 Å². The minimum Gasteiger partial charge on any atom is -0.199 e. The van der Waals surface area contributed by atoms with Crippen molar-refractivity contribution in [3.63, 3.8) is 0 Å². The number of hydrogen-bond acceptors (Lipinski definition) is 3. The second-order valence-corrected chi connectivity index (χ2v) is 5.53. The number of fused-ring (bicyclic) bond motifs is 1. The summed E-state index contributed by atoms with van der Waals surface area (Å²) >= 11 is 1.48. The Labute approximate surface area is 74.8 Å². The monoisotopic (exact) mass is 201 g/mol. The highest BCUT2D eigenvalue weighted by Gasteiger charge is 2.28. The summed E-state index contributed by atoms with van der Waals surface area (Å²) in [5, 5.41) is 0. The molecule has 3 nitrogen and oxygen atoms in total. The largest absolute Gasteiger partial charge is 0.284 e. The molecule has 0 aliphatic carbocycles. The van der Waals surface area contributed by atoms with E-state index in [1.165, 1.54) is 11.3 Å². The summed E-state index contributed by atoms with van der Waals surface area (Å²) in [7, 11) is -3.34. The van der Waals surface area contributed by atoms with Crippen LogP contribution in [-0.4, -0.2) is 14.1 Å². The molecule has 0 aromatic carbocycles. The van der Waals surface area contributed by atoms with Crippen molar-refractivity contribution < 1.29 is 8.42 Å². The van der Waals surface area contributed by atoms with Gasteiger partial charge in [-0.3, -0.25) is 0 Å². The van der Waals surface area contributed by atoms with E-state index >= 15 is 0 Å². The highest BCUT2D eigenvalue weighted by molar-refractivity contribution is 7.91. The van der Waals surface area contributed by atoms with Gasteiger partial charge in [0, 0.05) is 4.88 Å². The van der Waals surface area contributed by atoms with Crippen LogP contribution in [0.3, 0.4) is 0 Å². The molecule has 2 heterocycles. The summed E-state index contributed by atoms with van der Waals surface area (Å²) in [5.74, 6) is 0. The lowest BCUT2D eigenvalue weighted by molar-refractivity contribution is 0.599. The van der Waals surface area contributed by atoms with Gasteiger partial charge in [0.1, 0.15) is 4.90 Å². The molecule has 1 aliphatic rings. The van der Waals surface area contributed by atoms with Crippen LogP contribution >= 0.6 is 11.3 Å². The molecule has 1 aromatic rings. The van der Waals surface area contributed by atoms with E-state index < -0.39 is 10.0 Å². The first-order valence-corrected chi connectivity index (χ1v) is 5.69. The Morgan fingerprint density at radius 1 is 1.42 bits per heavy atom. The Morgan fingerprint density at radius 3 is 2.67 bits per heavy atom. The van der Waals surface area contributed by atoms with Crippen molar-refractivity contribution in [3.8, 4) is 0 Å². The number of hydrogen-bond donors (Lipinski definition) is 0. The summed E-state index contributed by atoms with van der Waals surface area (Å²) in [6, 6.07) is 1.68. The van der Waals surface area contributed by atoms with Crippen molar-refractivity contribution in [3.05, 3.63) is 15.8 Å². The molecule has 0 bridgehead atoms. The van der Waals surface area contributed by atoms with E-state index in [0.717, 1.165) is 9.75 Å². The second kappa shape index (κ2) is 2.17. The van der Waals surface area contributed by atoms with Crippen LogP contribution in [0.5, 0.6) is 0 Å². The molecule has 0 spiro atoms. The predicted molar refractivity (Wildman–Crippen MR) is 48.5 cm³/mol. The Hall–Kier alpha value is -0.680. The van der Waals surface area contributed by atoms with Crippen molar-refractivity contribution in [2.45, 2.75) is 18.7 Å². The lowest BCUT2D eigenvalue weighted by Crippen LogP contribution is -1.89. The Balaban J connectivity index is 2.84. The first-order valence-electron chi connectivity index (χ1n) is 3.43. The summed E-state index contributed by atoms with van der Waals surface area (Å²) in [5.41, 5.74) is 0.614. The number of rotatable bonds is 0. The van der Waals surface area contributed by atoms with Crippen LogP contribution in [0.4, 0.5) is 0 Å². The molecule has 64 valence electrons. The molecular formula is C7H7NO2S2. The van der Waals surface area contributed by atoms with E-state index in [9.17, 15) is 8.42 Å². The molecular weight excluding hydrogens is 194 g/mol. The fourth-order valence-corrected chi connectivity index (χ4v) is 3.89. The topological polar surface area (TPSA) is 46.5 Å². The van der Waals surface area contributed by atoms with Gasteiger partial charge in [-0.05, 0) is 19.9 Å². The van der Waals surface area contributed by atoms with Gasteiger partial charge in [0.2, 0.25) is 0 Å². The maximum Gasteiger partial charge on any atom is 0.284 e. The van der Waals surface area contributed by atoms with Crippen molar-refractivity contribution in [2.75, 3.05) is 0 Å². The molecule has 0 unspecified atom stereocenters. The molecule has 1 aromatic heterocycles. The van der Waals surface area contributed by atoms with Gasteiger partial charge in [-0.2, -0.15) is 12.8 Å². The third-order valence-corrected chi connectivity index (χ3v) is 4.37. The van der Waals surface area contributed by atoms with E-state index in [2.05, 4.69) is 4.40 Å². The van der Waals surface area contributed by atoms with Crippen molar-refractivity contribution in [2.24, 2.45) is 4.40 Å². The van der Waals surface area contributed by atoms with Gasteiger partial charge in [0.05, 0.1) is 10.6 Å². The standard InChI is InChI=1S/C7H7NO2S2/c1-4-3-6-7(11-4)5(2)8-12(6,9)10/h3H,1-2H3. The first kappa shape index (κ1) is 7.94. The maximum absolute atomic E-state index is 11.3. The van der Waals surface area contributed by atoms with Crippen LogP contribution in [0.2, 0.25) is 0 Å². The van der Waals surface area contributed by atoms with Crippen molar-refractivity contribution >= 4 is 27.1 Å². The molecule has 2 rings (SSSR count). The second-order valence-electron chi connectivity index (χ2n) is 2.70. The molecule has 12 heavy (non-hydrogen) atoms. The third kappa shape index (κ3) is 0.931. The lowest BCUT2D eigenvalue weighted by atomic mass is 10.3. The Bertz CT molecular complexity index is 468. The summed E-state index contributed by atoms with van der Waals surface area (Å²) in [6.45, 7) is 3.62. The molecule has 0 fully saturated rings. The van der Waals surface area contributed by atoms with Crippen LogP contribution in [-0.2, 0) is 10.0 Å². The Morgan fingerprint density at radius 2 is 2.08 bits per heavy atom. The lowest BCUT2D eigenvalue weighted by Gasteiger charge is -1.84. The van der Waals surface area contributed by atoms with Gasteiger partial charge in [-0.25, -0.2) is 0 Å². The minimum atomic E-state index is -3.34. The summed E-state index contributed by atoms with van der Waals surface area (Å²) in [4.78, 5) is 2.19. The normalized spacial score (nSPS) is 19.0. The van der Waals surface area contributed by atoms with Gasteiger partial charge >= 0.3 is 0 Å². The SMILES string of the molecule is CC1=NS(=O)(=O)c2cc(C)sc21. The van der Waals surface area contributed by atoms with Crippen molar-refractivity contribution in [1.29, 1.82) is 0 Å². The number of aryl methyl sites for hydroxylation is 1. The van der Waals surface area contributed by atoms with Gasteiger partial charge in [-0.15, -0.1) is 11.3 Å². The molecule has 1 aliphatic heterocycles. The molecule has 0 amide bonds. The first-order chi connectivity index (χ1) is 5.50. The van der Waals surface area contributed by atoms with Gasteiger partial charge in [0.15, 0.2) is 0 Å². The zero-order valence-electron chi connectivity index (χ0n) is 6.66. The van der Waals surface area contributed by atoms with Gasteiger partial charge in [-0.1, -0.05) is 0 Å². The minimum absolute atomic E-state index is 0.377. The fourth-order valence-electron chi connectivity index (χ4n) is 1.21. The fraction of sp³-hybridized carbons (Fsp3) is 0.286. The summed E-state index contributed by atoms with van der Waals surface area (Å²) < 4.78 is 26.2. The van der Waals surface area contributed by atoms with Gasteiger partial charge < -0.3 is 0 Å². The van der Waals surface area contributed by atoms with E-state index in [-0.39, 0.29) is 0 Å². The van der Waals surface area contributed by atoms with Crippen molar-refractivity contribution in [1.82, 2.24) is 0 Å². The molecule has 5 heteroatoms.